The molecule has 156 valence electrons. The van der Waals surface area contributed by atoms with Crippen LogP contribution in [0.1, 0.15) is 21.5 Å². The molecule has 0 aliphatic rings. The molecule has 0 unspecified atom stereocenters. The fourth-order valence-corrected chi connectivity index (χ4v) is 4.27. The first-order chi connectivity index (χ1) is 15.0. The summed E-state index contributed by atoms with van der Waals surface area (Å²) >= 11 is 1.62. The second-order valence-electron chi connectivity index (χ2n) is 7.12. The number of pyridine rings is 1. The molecule has 0 saturated heterocycles. The first-order valence-corrected chi connectivity index (χ1v) is 10.7. The Bertz CT molecular complexity index is 1270. The minimum atomic E-state index is -0.269. The van der Waals surface area contributed by atoms with Gasteiger partial charge in [-0.05, 0) is 47.0 Å². The number of hydrogen-bond acceptors (Lipinski definition) is 5. The zero-order valence-electron chi connectivity index (χ0n) is 17.2. The molecule has 2 amide bonds. The van der Waals surface area contributed by atoms with Gasteiger partial charge in [0.2, 0.25) is 5.91 Å². The topological polar surface area (TPSA) is 83.1 Å². The van der Waals surface area contributed by atoms with E-state index in [4.69, 9.17) is 0 Å². The normalized spacial score (nSPS) is 10.6. The Hall–Kier alpha value is -3.71. The van der Waals surface area contributed by atoms with Crippen LogP contribution in [0.3, 0.4) is 0 Å². The first-order valence-electron chi connectivity index (χ1n) is 9.85. The average molecular weight is 431 g/mol. The summed E-state index contributed by atoms with van der Waals surface area (Å²) in [4.78, 5) is 29.4. The Balaban J connectivity index is 1.62. The Morgan fingerprint density at radius 3 is 2.61 bits per heavy atom. The minimum absolute atomic E-state index is 0.174. The van der Waals surface area contributed by atoms with E-state index in [9.17, 15) is 9.59 Å². The lowest BCUT2D eigenvalue weighted by Crippen LogP contribution is -2.20. The van der Waals surface area contributed by atoms with Gasteiger partial charge in [-0.2, -0.15) is 0 Å². The summed E-state index contributed by atoms with van der Waals surface area (Å²) in [6, 6.07) is 17.5. The van der Waals surface area contributed by atoms with Crippen molar-refractivity contribution >= 4 is 50.4 Å². The van der Waals surface area contributed by atoms with Crippen molar-refractivity contribution in [3.63, 3.8) is 0 Å². The number of thiophene rings is 1. The number of para-hydroxylation sites is 1. The third kappa shape index (κ3) is 4.57. The Morgan fingerprint density at radius 2 is 1.81 bits per heavy atom. The average Bonchev–Trinajstić information content (AvgIpc) is 3.18. The van der Waals surface area contributed by atoms with Gasteiger partial charge in [0, 0.05) is 23.6 Å². The number of hydrogen-bond donors (Lipinski definition) is 3. The highest BCUT2D eigenvalue weighted by molar-refractivity contribution is 7.17. The summed E-state index contributed by atoms with van der Waals surface area (Å²) in [5.41, 5.74) is 3.72. The Morgan fingerprint density at radius 1 is 1.03 bits per heavy atom. The molecular formula is C24H22N4O2S. The number of anilines is 3. The van der Waals surface area contributed by atoms with Crippen LogP contribution < -0.4 is 16.0 Å². The summed E-state index contributed by atoms with van der Waals surface area (Å²) in [6.45, 7) is 1.99. The van der Waals surface area contributed by atoms with E-state index in [2.05, 4.69) is 20.9 Å². The number of fused-ring (bicyclic) bond motifs is 1. The maximum Gasteiger partial charge on any atom is 0.252 e. The van der Waals surface area contributed by atoms with E-state index >= 15 is 0 Å². The van der Waals surface area contributed by atoms with Gasteiger partial charge < -0.3 is 16.0 Å². The molecule has 0 bridgehead atoms. The summed E-state index contributed by atoms with van der Waals surface area (Å²) in [6.07, 6.45) is 1.72. The van der Waals surface area contributed by atoms with Gasteiger partial charge in [0.15, 0.2) is 5.82 Å². The van der Waals surface area contributed by atoms with Crippen molar-refractivity contribution in [2.24, 2.45) is 0 Å². The molecule has 3 N–H and O–H groups in total. The van der Waals surface area contributed by atoms with Gasteiger partial charge in [0.05, 0.1) is 17.7 Å². The fraction of sp³-hybridized carbons (Fsp3) is 0.125. The van der Waals surface area contributed by atoms with E-state index in [1.165, 1.54) is 6.20 Å². The van der Waals surface area contributed by atoms with Crippen LogP contribution in [0.2, 0.25) is 0 Å². The van der Waals surface area contributed by atoms with Crippen LogP contribution in [0, 0.1) is 6.92 Å². The number of aromatic nitrogens is 1. The van der Waals surface area contributed by atoms with Gasteiger partial charge in [-0.1, -0.05) is 36.4 Å². The number of rotatable bonds is 6. The van der Waals surface area contributed by atoms with Gasteiger partial charge >= 0.3 is 0 Å². The second kappa shape index (κ2) is 8.97. The van der Waals surface area contributed by atoms with Gasteiger partial charge in [-0.25, -0.2) is 4.98 Å². The molecule has 31 heavy (non-hydrogen) atoms. The van der Waals surface area contributed by atoms with E-state index in [-0.39, 0.29) is 18.2 Å². The van der Waals surface area contributed by atoms with Gasteiger partial charge in [-0.3, -0.25) is 9.59 Å². The molecule has 0 saturated carbocycles. The van der Waals surface area contributed by atoms with Crippen molar-refractivity contribution in [1.82, 2.24) is 10.3 Å². The zero-order valence-corrected chi connectivity index (χ0v) is 18.0. The van der Waals surface area contributed by atoms with Crippen LogP contribution in [0.5, 0.6) is 0 Å². The minimum Gasteiger partial charge on any atom is -0.355 e. The molecule has 2 heterocycles. The van der Waals surface area contributed by atoms with E-state index < -0.39 is 0 Å². The van der Waals surface area contributed by atoms with Crippen LogP contribution in [0.4, 0.5) is 17.2 Å². The largest absolute Gasteiger partial charge is 0.355 e. The van der Waals surface area contributed by atoms with Crippen LogP contribution in [0.25, 0.3) is 10.1 Å². The van der Waals surface area contributed by atoms with Crippen LogP contribution in [-0.4, -0.2) is 23.8 Å². The molecular weight excluding hydrogens is 408 g/mol. The van der Waals surface area contributed by atoms with Crippen LogP contribution >= 0.6 is 11.3 Å². The first kappa shape index (κ1) is 20.6. The lowest BCUT2D eigenvalue weighted by Gasteiger charge is -2.15. The molecule has 0 aliphatic carbocycles. The highest BCUT2D eigenvalue weighted by atomic mass is 32.1. The van der Waals surface area contributed by atoms with Crippen molar-refractivity contribution in [1.29, 1.82) is 0 Å². The lowest BCUT2D eigenvalue weighted by molar-refractivity contribution is -0.115. The monoisotopic (exact) mass is 430 g/mol. The molecule has 0 spiro atoms. The number of carbonyl (C=O) groups is 2. The van der Waals surface area contributed by atoms with Crippen molar-refractivity contribution in [3.05, 3.63) is 82.9 Å². The smallest absolute Gasteiger partial charge is 0.252 e. The number of aryl methyl sites for hydroxylation is 1. The van der Waals surface area contributed by atoms with E-state index in [0.717, 1.165) is 26.9 Å². The van der Waals surface area contributed by atoms with E-state index in [1.807, 2.05) is 60.8 Å². The zero-order chi connectivity index (χ0) is 21.8. The third-order valence-corrected chi connectivity index (χ3v) is 5.97. The maximum atomic E-state index is 12.9. The molecule has 2 aromatic heterocycles. The molecule has 7 heteroatoms. The van der Waals surface area contributed by atoms with E-state index in [1.54, 1.807) is 24.5 Å². The number of carbonyl (C=O) groups excluding carboxylic acids is 2. The van der Waals surface area contributed by atoms with E-state index in [0.29, 0.717) is 17.1 Å². The lowest BCUT2D eigenvalue weighted by atomic mass is 10.1. The van der Waals surface area contributed by atoms with Crippen molar-refractivity contribution in [2.75, 3.05) is 17.7 Å². The van der Waals surface area contributed by atoms with Crippen LogP contribution in [0.15, 0.2) is 66.2 Å². The SMILES string of the molecule is CNC(=O)c1cnc(Nc2ccccc2C)c(NC(=O)Cc2csc3ccccc23)c1. The van der Waals surface area contributed by atoms with Crippen LogP contribution in [-0.2, 0) is 11.2 Å². The second-order valence-corrected chi connectivity index (χ2v) is 8.03. The number of benzene rings is 2. The molecule has 0 fully saturated rings. The van der Waals surface area contributed by atoms with Gasteiger partial charge in [0.25, 0.3) is 5.91 Å². The predicted molar refractivity (Wildman–Crippen MR) is 126 cm³/mol. The standard InChI is InChI=1S/C24H22N4O2S/c1-15-7-3-5-9-19(15)28-23-20(11-16(13-26-23)24(30)25-2)27-22(29)12-17-14-31-21-10-6-4-8-18(17)21/h3-11,13-14H,12H2,1-2H3,(H,25,30)(H,26,28)(H,27,29). The molecule has 0 atom stereocenters. The fourth-order valence-electron chi connectivity index (χ4n) is 3.31. The highest BCUT2D eigenvalue weighted by Crippen LogP contribution is 2.28. The number of nitrogens with one attached hydrogen (secondary N) is 3. The highest BCUT2D eigenvalue weighted by Gasteiger charge is 2.15. The molecule has 0 aliphatic heterocycles. The summed E-state index contributed by atoms with van der Waals surface area (Å²) in [5.74, 6) is 0.0343. The van der Waals surface area contributed by atoms with Crippen molar-refractivity contribution in [3.8, 4) is 0 Å². The maximum absolute atomic E-state index is 12.9. The molecule has 4 aromatic rings. The predicted octanol–water partition coefficient (Wildman–Crippen LogP) is 4.89. The summed E-state index contributed by atoms with van der Waals surface area (Å²) in [5, 5.41) is 11.9. The number of nitrogens with zero attached hydrogens (tertiary/aromatic N) is 1. The summed E-state index contributed by atoms with van der Waals surface area (Å²) in [7, 11) is 1.56. The van der Waals surface area contributed by atoms with Gasteiger partial charge in [-0.15, -0.1) is 11.3 Å². The number of amides is 2. The molecule has 2 aromatic carbocycles. The van der Waals surface area contributed by atoms with Gasteiger partial charge in [0.1, 0.15) is 0 Å². The summed E-state index contributed by atoms with van der Waals surface area (Å²) < 4.78 is 1.15. The molecule has 6 nitrogen and oxygen atoms in total. The van der Waals surface area contributed by atoms with Crippen molar-refractivity contribution < 1.29 is 9.59 Å². The molecule has 4 rings (SSSR count). The Kier molecular flexibility index (Phi) is 5.95. The van der Waals surface area contributed by atoms with Crippen molar-refractivity contribution in [2.45, 2.75) is 13.3 Å². The molecule has 0 radical (unpaired) electrons. The quantitative estimate of drug-likeness (QED) is 0.407. The third-order valence-electron chi connectivity index (χ3n) is 4.96. The Labute approximate surface area is 184 Å².